The first-order valence-corrected chi connectivity index (χ1v) is 7.71. The fraction of sp³-hybridized carbons (Fsp3) is 0.125. The number of amides is 1. The number of carbonyl (C=O) groups excluding carboxylic acids is 1. The van der Waals surface area contributed by atoms with E-state index in [4.69, 9.17) is 0 Å². The van der Waals surface area contributed by atoms with Crippen molar-refractivity contribution < 1.29 is 4.79 Å². The SMILES string of the molecule is Cc1ccc(C(=O)NCc2ccsc2-n2cccc2)c(=O)[nH]1. The Morgan fingerprint density at radius 3 is 2.77 bits per heavy atom. The van der Waals surface area contributed by atoms with Crippen molar-refractivity contribution in [3.63, 3.8) is 0 Å². The summed E-state index contributed by atoms with van der Waals surface area (Å²) in [7, 11) is 0. The molecule has 6 heteroatoms. The van der Waals surface area contributed by atoms with E-state index in [9.17, 15) is 9.59 Å². The van der Waals surface area contributed by atoms with Crippen molar-refractivity contribution in [2.75, 3.05) is 0 Å². The van der Waals surface area contributed by atoms with Gasteiger partial charge < -0.3 is 14.9 Å². The highest BCUT2D eigenvalue weighted by atomic mass is 32.1. The number of aryl methyl sites for hydroxylation is 1. The Hall–Kier alpha value is -2.60. The number of aromatic amines is 1. The molecule has 3 rings (SSSR count). The van der Waals surface area contributed by atoms with E-state index in [1.165, 1.54) is 0 Å². The Balaban J connectivity index is 1.75. The maximum atomic E-state index is 12.1. The van der Waals surface area contributed by atoms with Gasteiger partial charge in [-0.15, -0.1) is 11.3 Å². The average molecular weight is 313 g/mol. The van der Waals surface area contributed by atoms with Crippen LogP contribution in [-0.4, -0.2) is 15.5 Å². The predicted octanol–water partition coefficient (Wildman–Crippen LogP) is 2.47. The molecule has 0 atom stereocenters. The number of nitrogens with one attached hydrogen (secondary N) is 2. The second kappa shape index (κ2) is 6.03. The topological polar surface area (TPSA) is 66.9 Å². The maximum absolute atomic E-state index is 12.1. The quantitative estimate of drug-likeness (QED) is 0.777. The third-order valence-electron chi connectivity index (χ3n) is 3.30. The molecule has 22 heavy (non-hydrogen) atoms. The number of carbonyl (C=O) groups is 1. The largest absolute Gasteiger partial charge is 0.348 e. The first kappa shape index (κ1) is 14.3. The Morgan fingerprint density at radius 1 is 1.27 bits per heavy atom. The summed E-state index contributed by atoms with van der Waals surface area (Å²) in [6, 6.07) is 9.14. The Morgan fingerprint density at radius 2 is 2.05 bits per heavy atom. The van der Waals surface area contributed by atoms with Crippen LogP contribution in [0.15, 0.2) is 52.9 Å². The van der Waals surface area contributed by atoms with Crippen LogP contribution >= 0.6 is 11.3 Å². The molecule has 5 nitrogen and oxygen atoms in total. The molecule has 1 amide bonds. The van der Waals surface area contributed by atoms with Gasteiger partial charge in [0.25, 0.3) is 11.5 Å². The highest BCUT2D eigenvalue weighted by molar-refractivity contribution is 7.12. The molecule has 0 aromatic carbocycles. The highest BCUT2D eigenvalue weighted by Crippen LogP contribution is 2.21. The molecular formula is C16H15N3O2S. The molecule has 3 heterocycles. The molecule has 0 unspecified atom stereocenters. The normalized spacial score (nSPS) is 10.6. The van der Waals surface area contributed by atoms with Crippen LogP contribution < -0.4 is 10.9 Å². The molecule has 0 fully saturated rings. The van der Waals surface area contributed by atoms with Gasteiger partial charge in [0.15, 0.2) is 0 Å². The summed E-state index contributed by atoms with van der Waals surface area (Å²) in [6.45, 7) is 2.15. The lowest BCUT2D eigenvalue weighted by Crippen LogP contribution is -2.29. The van der Waals surface area contributed by atoms with Crippen molar-refractivity contribution in [1.82, 2.24) is 14.9 Å². The summed E-state index contributed by atoms with van der Waals surface area (Å²) in [6.07, 6.45) is 3.92. The first-order chi connectivity index (χ1) is 10.6. The third kappa shape index (κ3) is 2.87. The number of pyridine rings is 1. The van der Waals surface area contributed by atoms with E-state index in [2.05, 4.69) is 10.3 Å². The van der Waals surface area contributed by atoms with Crippen molar-refractivity contribution >= 4 is 17.2 Å². The Kier molecular flexibility index (Phi) is 3.93. The van der Waals surface area contributed by atoms with Crippen molar-refractivity contribution in [2.24, 2.45) is 0 Å². The van der Waals surface area contributed by atoms with Gasteiger partial charge in [-0.2, -0.15) is 0 Å². The van der Waals surface area contributed by atoms with Crippen molar-refractivity contribution in [2.45, 2.75) is 13.5 Å². The smallest absolute Gasteiger partial charge is 0.260 e. The summed E-state index contributed by atoms with van der Waals surface area (Å²) >= 11 is 1.60. The van der Waals surface area contributed by atoms with Crippen molar-refractivity contribution in [3.05, 3.63) is 75.3 Å². The molecule has 3 aromatic rings. The minimum atomic E-state index is -0.370. The van der Waals surface area contributed by atoms with Gasteiger partial charge in [0.1, 0.15) is 10.6 Å². The van der Waals surface area contributed by atoms with Gasteiger partial charge in [0, 0.05) is 30.2 Å². The fourth-order valence-corrected chi connectivity index (χ4v) is 3.08. The Labute approximate surface area is 131 Å². The van der Waals surface area contributed by atoms with Crippen LogP contribution in [0.25, 0.3) is 5.00 Å². The molecule has 0 aliphatic heterocycles. The number of nitrogens with zero attached hydrogens (tertiary/aromatic N) is 1. The van der Waals surface area contributed by atoms with Crippen LogP contribution in [0.4, 0.5) is 0 Å². The summed E-state index contributed by atoms with van der Waals surface area (Å²) in [5.41, 5.74) is 1.50. The van der Waals surface area contributed by atoms with Gasteiger partial charge in [-0.1, -0.05) is 0 Å². The lowest BCUT2D eigenvalue weighted by atomic mass is 10.2. The minimum absolute atomic E-state index is 0.128. The van der Waals surface area contributed by atoms with E-state index in [1.54, 1.807) is 30.4 Å². The van der Waals surface area contributed by atoms with Crippen molar-refractivity contribution in [1.29, 1.82) is 0 Å². The van der Waals surface area contributed by atoms with E-state index in [-0.39, 0.29) is 17.0 Å². The number of rotatable bonds is 4. The lowest BCUT2D eigenvalue weighted by molar-refractivity contribution is 0.0949. The number of hydrogen-bond acceptors (Lipinski definition) is 3. The molecule has 2 N–H and O–H groups in total. The average Bonchev–Trinajstić information content (AvgIpc) is 3.15. The number of thiophene rings is 1. The van der Waals surface area contributed by atoms with Crippen LogP contribution in [0.2, 0.25) is 0 Å². The summed E-state index contributed by atoms with van der Waals surface area (Å²) in [4.78, 5) is 26.5. The zero-order chi connectivity index (χ0) is 15.5. The van der Waals surface area contributed by atoms with E-state index in [0.29, 0.717) is 6.54 Å². The molecule has 0 saturated heterocycles. The van der Waals surface area contributed by atoms with E-state index < -0.39 is 0 Å². The number of hydrogen-bond donors (Lipinski definition) is 2. The van der Waals surface area contributed by atoms with E-state index in [1.807, 2.05) is 40.5 Å². The summed E-state index contributed by atoms with van der Waals surface area (Å²) < 4.78 is 2.00. The molecule has 112 valence electrons. The van der Waals surface area contributed by atoms with Crippen LogP contribution in [0, 0.1) is 6.92 Å². The molecule has 0 aliphatic carbocycles. The monoisotopic (exact) mass is 313 g/mol. The first-order valence-electron chi connectivity index (χ1n) is 6.83. The Bertz CT molecular complexity index is 846. The second-order valence-electron chi connectivity index (χ2n) is 4.91. The van der Waals surface area contributed by atoms with Crippen LogP contribution in [0.1, 0.15) is 21.6 Å². The van der Waals surface area contributed by atoms with Gasteiger partial charge in [0.2, 0.25) is 0 Å². The molecule has 0 aliphatic rings. The lowest BCUT2D eigenvalue weighted by Gasteiger charge is -2.07. The maximum Gasteiger partial charge on any atom is 0.260 e. The van der Waals surface area contributed by atoms with Crippen molar-refractivity contribution in [3.8, 4) is 5.00 Å². The van der Waals surface area contributed by atoms with Crippen LogP contribution in [0.3, 0.4) is 0 Å². The molecule has 0 spiro atoms. The van der Waals surface area contributed by atoms with Gasteiger partial charge in [-0.05, 0) is 42.6 Å². The number of aromatic nitrogens is 2. The molecule has 0 bridgehead atoms. The van der Waals surface area contributed by atoms with Gasteiger partial charge in [-0.3, -0.25) is 9.59 Å². The predicted molar refractivity (Wildman–Crippen MR) is 86.6 cm³/mol. The fourth-order valence-electron chi connectivity index (χ4n) is 2.18. The number of H-pyrrole nitrogens is 1. The zero-order valence-corrected chi connectivity index (χ0v) is 12.8. The molecule has 3 aromatic heterocycles. The standard InChI is InChI=1S/C16H15N3O2S/c1-11-4-5-13(15(21)18-11)14(20)17-10-12-6-9-22-16(12)19-7-2-3-8-19/h2-9H,10H2,1H3,(H,17,20)(H,18,21). The summed E-state index contributed by atoms with van der Waals surface area (Å²) in [5, 5.41) is 5.84. The van der Waals surface area contributed by atoms with E-state index in [0.717, 1.165) is 16.3 Å². The summed E-state index contributed by atoms with van der Waals surface area (Å²) in [5.74, 6) is -0.370. The molecular weight excluding hydrogens is 298 g/mol. The van der Waals surface area contributed by atoms with Gasteiger partial charge in [0.05, 0.1) is 0 Å². The second-order valence-corrected chi connectivity index (χ2v) is 5.80. The zero-order valence-electron chi connectivity index (χ0n) is 12.0. The highest BCUT2D eigenvalue weighted by Gasteiger charge is 2.12. The van der Waals surface area contributed by atoms with Crippen LogP contribution in [0.5, 0.6) is 0 Å². The van der Waals surface area contributed by atoms with E-state index >= 15 is 0 Å². The van der Waals surface area contributed by atoms with Crippen LogP contribution in [-0.2, 0) is 6.54 Å². The third-order valence-corrected chi connectivity index (χ3v) is 4.27. The van der Waals surface area contributed by atoms with Gasteiger partial charge >= 0.3 is 0 Å². The van der Waals surface area contributed by atoms with Gasteiger partial charge in [-0.25, -0.2) is 0 Å². The molecule has 0 radical (unpaired) electrons. The minimum Gasteiger partial charge on any atom is -0.348 e. The molecule has 0 saturated carbocycles.